The molecule has 1 amide bonds. The molecule has 4 nitrogen and oxygen atoms in total. The average molecular weight is 201 g/mol. The first kappa shape index (κ1) is 12.9. The predicted octanol–water partition coefficient (Wildman–Crippen LogP) is 1.26. The lowest BCUT2D eigenvalue weighted by Gasteiger charge is -2.16. The number of carboxylic acid groups (broad SMARTS) is 1. The number of carbonyl (C=O) groups excluding carboxylic acids is 1. The van der Waals surface area contributed by atoms with Gasteiger partial charge in [0.05, 0.1) is 0 Å². The Hall–Kier alpha value is -1.06. The van der Waals surface area contributed by atoms with Crippen molar-refractivity contribution in [3.8, 4) is 0 Å². The van der Waals surface area contributed by atoms with E-state index in [0.29, 0.717) is 12.3 Å². The normalized spacial score (nSPS) is 14.9. The Morgan fingerprint density at radius 2 is 1.71 bits per heavy atom. The number of aliphatic carboxylic acids is 1. The van der Waals surface area contributed by atoms with Gasteiger partial charge in [-0.15, -0.1) is 0 Å². The van der Waals surface area contributed by atoms with Crippen molar-refractivity contribution in [1.29, 1.82) is 0 Å². The molecule has 0 aliphatic carbocycles. The zero-order valence-electron chi connectivity index (χ0n) is 9.20. The van der Waals surface area contributed by atoms with Gasteiger partial charge in [-0.2, -0.15) is 0 Å². The molecular weight excluding hydrogens is 182 g/mol. The molecule has 0 radical (unpaired) electrons. The van der Waals surface area contributed by atoms with E-state index in [2.05, 4.69) is 5.32 Å². The van der Waals surface area contributed by atoms with E-state index in [1.54, 1.807) is 0 Å². The van der Waals surface area contributed by atoms with Gasteiger partial charge >= 0.3 is 5.97 Å². The highest BCUT2D eigenvalue weighted by molar-refractivity contribution is 5.83. The molecule has 2 atom stereocenters. The van der Waals surface area contributed by atoms with Gasteiger partial charge in [0.15, 0.2) is 0 Å². The lowest BCUT2D eigenvalue weighted by atomic mass is 9.94. The van der Waals surface area contributed by atoms with Crippen molar-refractivity contribution in [2.75, 3.05) is 0 Å². The topological polar surface area (TPSA) is 66.4 Å². The van der Waals surface area contributed by atoms with Gasteiger partial charge in [-0.3, -0.25) is 9.59 Å². The second kappa shape index (κ2) is 5.62. The number of amides is 1. The molecule has 0 saturated carbocycles. The van der Waals surface area contributed by atoms with E-state index in [4.69, 9.17) is 5.11 Å². The number of hydrogen-bond donors (Lipinski definition) is 2. The van der Waals surface area contributed by atoms with Crippen molar-refractivity contribution in [2.45, 2.75) is 40.2 Å². The van der Waals surface area contributed by atoms with Gasteiger partial charge in [-0.05, 0) is 18.8 Å². The molecule has 0 rings (SSSR count). The summed E-state index contributed by atoms with van der Waals surface area (Å²) in [5, 5.41) is 11.0. The molecule has 0 aromatic carbocycles. The maximum absolute atomic E-state index is 11.3. The molecular formula is C10H19NO3. The first-order valence-corrected chi connectivity index (χ1v) is 4.86. The Morgan fingerprint density at radius 1 is 1.21 bits per heavy atom. The molecule has 0 saturated heterocycles. The summed E-state index contributed by atoms with van der Waals surface area (Å²) in [6.07, 6.45) is 0.384. The van der Waals surface area contributed by atoms with Gasteiger partial charge < -0.3 is 10.4 Å². The molecule has 2 N–H and O–H groups in total. The Morgan fingerprint density at radius 3 is 2.07 bits per heavy atom. The predicted molar refractivity (Wildman–Crippen MR) is 53.9 cm³/mol. The molecule has 14 heavy (non-hydrogen) atoms. The second-order valence-electron chi connectivity index (χ2n) is 4.05. The molecule has 0 aliphatic rings. The van der Waals surface area contributed by atoms with Crippen LogP contribution in [0.3, 0.4) is 0 Å². The fourth-order valence-corrected chi connectivity index (χ4v) is 0.890. The van der Waals surface area contributed by atoms with Crippen LogP contribution in [0.4, 0.5) is 0 Å². The SMILES string of the molecule is CC(NC(=O)CC(C)C(C)C)C(=O)O. The van der Waals surface area contributed by atoms with Crippen LogP contribution in [0.2, 0.25) is 0 Å². The Labute approximate surface area is 84.7 Å². The summed E-state index contributed by atoms with van der Waals surface area (Å²) in [4.78, 5) is 21.7. The van der Waals surface area contributed by atoms with E-state index in [-0.39, 0.29) is 11.8 Å². The molecule has 0 heterocycles. The zero-order valence-corrected chi connectivity index (χ0v) is 9.20. The number of hydrogen-bond acceptors (Lipinski definition) is 2. The summed E-state index contributed by atoms with van der Waals surface area (Å²) in [6, 6.07) is -0.804. The number of rotatable bonds is 5. The van der Waals surface area contributed by atoms with E-state index >= 15 is 0 Å². The molecule has 0 aromatic rings. The second-order valence-corrected chi connectivity index (χ2v) is 4.05. The van der Waals surface area contributed by atoms with Crippen LogP contribution < -0.4 is 5.32 Å². The molecule has 82 valence electrons. The highest BCUT2D eigenvalue weighted by Gasteiger charge is 2.17. The summed E-state index contributed by atoms with van der Waals surface area (Å²) >= 11 is 0. The van der Waals surface area contributed by atoms with Gasteiger partial charge in [-0.25, -0.2) is 0 Å². The molecule has 2 unspecified atom stereocenters. The first-order chi connectivity index (χ1) is 6.34. The van der Waals surface area contributed by atoms with Gasteiger partial charge in [0, 0.05) is 6.42 Å². The van der Waals surface area contributed by atoms with Crippen molar-refractivity contribution in [3.63, 3.8) is 0 Å². The maximum Gasteiger partial charge on any atom is 0.325 e. The van der Waals surface area contributed by atoms with Gasteiger partial charge in [0.2, 0.25) is 5.91 Å². The highest BCUT2D eigenvalue weighted by atomic mass is 16.4. The van der Waals surface area contributed by atoms with E-state index in [9.17, 15) is 9.59 Å². The first-order valence-electron chi connectivity index (χ1n) is 4.86. The van der Waals surface area contributed by atoms with Crippen LogP contribution in [-0.4, -0.2) is 23.0 Å². The molecule has 0 spiro atoms. The lowest BCUT2D eigenvalue weighted by Crippen LogP contribution is -2.39. The van der Waals surface area contributed by atoms with Crippen LogP contribution >= 0.6 is 0 Å². The Balaban J connectivity index is 3.93. The summed E-state index contributed by atoms with van der Waals surface area (Å²) in [7, 11) is 0. The smallest absolute Gasteiger partial charge is 0.325 e. The number of carboxylic acids is 1. The van der Waals surface area contributed by atoms with Crippen molar-refractivity contribution in [3.05, 3.63) is 0 Å². The largest absolute Gasteiger partial charge is 0.480 e. The van der Waals surface area contributed by atoms with Crippen molar-refractivity contribution >= 4 is 11.9 Å². The van der Waals surface area contributed by atoms with Crippen LogP contribution in [0.5, 0.6) is 0 Å². The third-order valence-corrected chi connectivity index (χ3v) is 2.39. The maximum atomic E-state index is 11.3. The van der Waals surface area contributed by atoms with E-state index in [1.807, 2.05) is 20.8 Å². The zero-order chi connectivity index (χ0) is 11.3. The summed E-state index contributed by atoms with van der Waals surface area (Å²) in [5.74, 6) is -0.492. The average Bonchev–Trinajstić information content (AvgIpc) is 2.03. The third kappa shape index (κ3) is 4.84. The number of nitrogens with one attached hydrogen (secondary N) is 1. The lowest BCUT2D eigenvalue weighted by molar-refractivity contribution is -0.141. The highest BCUT2D eigenvalue weighted by Crippen LogP contribution is 2.13. The van der Waals surface area contributed by atoms with Crippen molar-refractivity contribution in [1.82, 2.24) is 5.32 Å². The minimum Gasteiger partial charge on any atom is -0.480 e. The molecule has 4 heteroatoms. The summed E-state index contributed by atoms with van der Waals surface area (Å²) < 4.78 is 0. The minimum absolute atomic E-state index is 0.193. The van der Waals surface area contributed by atoms with Crippen LogP contribution in [0.15, 0.2) is 0 Å². The van der Waals surface area contributed by atoms with E-state index in [1.165, 1.54) is 6.92 Å². The van der Waals surface area contributed by atoms with Crippen LogP contribution in [0.1, 0.15) is 34.1 Å². The van der Waals surface area contributed by atoms with Crippen LogP contribution in [0.25, 0.3) is 0 Å². The van der Waals surface area contributed by atoms with Gasteiger partial charge in [-0.1, -0.05) is 20.8 Å². The molecule has 0 fully saturated rings. The Bertz CT molecular complexity index is 213. The monoisotopic (exact) mass is 201 g/mol. The van der Waals surface area contributed by atoms with E-state index in [0.717, 1.165) is 0 Å². The standard InChI is InChI=1S/C10H19NO3/c1-6(2)7(3)5-9(12)11-8(4)10(13)14/h6-8H,5H2,1-4H3,(H,11,12)(H,13,14). The van der Waals surface area contributed by atoms with E-state index < -0.39 is 12.0 Å². The van der Waals surface area contributed by atoms with Gasteiger partial charge in [0.1, 0.15) is 6.04 Å². The summed E-state index contributed by atoms with van der Waals surface area (Å²) in [6.45, 7) is 7.52. The molecule has 0 bridgehead atoms. The fraction of sp³-hybridized carbons (Fsp3) is 0.800. The van der Waals surface area contributed by atoms with Crippen molar-refractivity contribution < 1.29 is 14.7 Å². The summed E-state index contributed by atoms with van der Waals surface area (Å²) in [5.41, 5.74) is 0. The van der Waals surface area contributed by atoms with Crippen LogP contribution in [-0.2, 0) is 9.59 Å². The minimum atomic E-state index is -1.00. The number of carbonyl (C=O) groups is 2. The van der Waals surface area contributed by atoms with Gasteiger partial charge in [0.25, 0.3) is 0 Å². The quantitative estimate of drug-likeness (QED) is 0.703. The third-order valence-electron chi connectivity index (χ3n) is 2.39. The molecule has 0 aromatic heterocycles. The van der Waals surface area contributed by atoms with Crippen molar-refractivity contribution in [2.24, 2.45) is 11.8 Å². The van der Waals surface area contributed by atoms with Crippen LogP contribution in [0, 0.1) is 11.8 Å². The fourth-order valence-electron chi connectivity index (χ4n) is 0.890. The molecule has 0 aliphatic heterocycles. The Kier molecular flexibility index (Phi) is 5.20.